The second kappa shape index (κ2) is 8.58. The zero-order valence-corrected chi connectivity index (χ0v) is 16.1. The molecule has 4 aromatic rings. The second-order valence-electron chi connectivity index (χ2n) is 6.38. The zero-order chi connectivity index (χ0) is 20.1. The summed E-state index contributed by atoms with van der Waals surface area (Å²) in [6, 6.07) is 22.1. The third-order valence-electron chi connectivity index (χ3n) is 4.27. The molecule has 0 aliphatic rings. The van der Waals surface area contributed by atoms with Crippen LogP contribution in [0.3, 0.4) is 0 Å². The Morgan fingerprint density at radius 2 is 1.62 bits per heavy atom. The fourth-order valence-electron chi connectivity index (χ4n) is 2.95. The summed E-state index contributed by atoms with van der Waals surface area (Å²) in [4.78, 5) is 20.8. The van der Waals surface area contributed by atoms with Crippen molar-refractivity contribution in [2.75, 3.05) is 16.0 Å². The molecule has 0 bridgehead atoms. The minimum absolute atomic E-state index is 0.334. The van der Waals surface area contributed by atoms with Crippen molar-refractivity contribution in [3.8, 4) is 0 Å². The molecule has 1 heterocycles. The molecular weight excluding hydrogens is 386 g/mol. The van der Waals surface area contributed by atoms with Crippen LogP contribution in [-0.2, 0) is 6.54 Å². The lowest BCUT2D eigenvalue weighted by atomic mass is 10.2. The molecule has 6 nitrogen and oxygen atoms in total. The molecule has 3 aromatic carbocycles. The number of para-hydroxylation sites is 1. The van der Waals surface area contributed by atoms with Gasteiger partial charge in [-0.05, 0) is 48.0 Å². The first-order chi connectivity index (χ1) is 14.2. The number of rotatable bonds is 5. The van der Waals surface area contributed by atoms with E-state index in [2.05, 4.69) is 25.9 Å². The van der Waals surface area contributed by atoms with Crippen LogP contribution >= 0.6 is 11.6 Å². The van der Waals surface area contributed by atoms with Crippen molar-refractivity contribution in [1.29, 1.82) is 0 Å². The van der Waals surface area contributed by atoms with Crippen LogP contribution in [0, 0.1) is 0 Å². The van der Waals surface area contributed by atoms with Gasteiger partial charge in [-0.3, -0.25) is 0 Å². The van der Waals surface area contributed by atoms with Crippen LogP contribution in [0.1, 0.15) is 5.56 Å². The molecule has 0 unspecified atom stereocenters. The van der Waals surface area contributed by atoms with E-state index >= 15 is 0 Å². The van der Waals surface area contributed by atoms with Gasteiger partial charge in [-0.25, -0.2) is 14.8 Å². The molecule has 1 aromatic heterocycles. The summed E-state index contributed by atoms with van der Waals surface area (Å²) < 4.78 is 0. The molecule has 0 fully saturated rings. The first kappa shape index (κ1) is 18.7. The highest BCUT2D eigenvalue weighted by Crippen LogP contribution is 2.20. The standard InChI is InChI=1S/C22H18ClN5O/c23-16-6-4-8-18(12-16)28-22(29)27-17-7-3-5-15(11-17)13-24-21-19-9-1-2-10-20(19)25-14-26-21/h1-12,14H,13H2,(H,24,25,26)(H2,27,28,29). The molecule has 0 saturated carbocycles. The van der Waals surface area contributed by atoms with Gasteiger partial charge in [0.25, 0.3) is 0 Å². The third-order valence-corrected chi connectivity index (χ3v) is 4.51. The van der Waals surface area contributed by atoms with Crippen molar-refractivity contribution in [1.82, 2.24) is 9.97 Å². The van der Waals surface area contributed by atoms with Crippen molar-refractivity contribution in [3.63, 3.8) is 0 Å². The molecule has 29 heavy (non-hydrogen) atoms. The lowest BCUT2D eigenvalue weighted by Gasteiger charge is -2.11. The highest BCUT2D eigenvalue weighted by Gasteiger charge is 2.06. The van der Waals surface area contributed by atoms with Crippen molar-refractivity contribution in [3.05, 3.63) is 89.7 Å². The first-order valence-corrected chi connectivity index (χ1v) is 9.41. The van der Waals surface area contributed by atoms with E-state index in [1.54, 1.807) is 30.6 Å². The minimum Gasteiger partial charge on any atom is -0.365 e. The lowest BCUT2D eigenvalue weighted by molar-refractivity contribution is 0.262. The number of urea groups is 1. The number of hydrogen-bond acceptors (Lipinski definition) is 4. The van der Waals surface area contributed by atoms with Gasteiger partial charge >= 0.3 is 6.03 Å². The van der Waals surface area contributed by atoms with Crippen LogP contribution in [0.5, 0.6) is 0 Å². The number of fused-ring (bicyclic) bond motifs is 1. The molecule has 0 atom stereocenters. The molecule has 3 N–H and O–H groups in total. The number of aromatic nitrogens is 2. The summed E-state index contributed by atoms with van der Waals surface area (Å²) in [5, 5.41) is 10.5. The van der Waals surface area contributed by atoms with Gasteiger partial charge < -0.3 is 16.0 Å². The van der Waals surface area contributed by atoms with Gasteiger partial charge in [-0.15, -0.1) is 0 Å². The molecule has 7 heteroatoms. The van der Waals surface area contributed by atoms with Crippen LogP contribution in [0.15, 0.2) is 79.1 Å². The van der Waals surface area contributed by atoms with Gasteiger partial charge in [0, 0.05) is 28.3 Å². The average molecular weight is 404 g/mol. The van der Waals surface area contributed by atoms with Gasteiger partial charge in [-0.2, -0.15) is 0 Å². The molecule has 0 saturated heterocycles. The van der Waals surface area contributed by atoms with Crippen LogP contribution < -0.4 is 16.0 Å². The normalized spacial score (nSPS) is 10.5. The highest BCUT2D eigenvalue weighted by atomic mass is 35.5. The number of benzene rings is 3. The van der Waals surface area contributed by atoms with Gasteiger partial charge in [0.15, 0.2) is 0 Å². The van der Waals surface area contributed by atoms with Crippen molar-refractivity contribution >= 4 is 45.7 Å². The van der Waals surface area contributed by atoms with Crippen molar-refractivity contribution < 1.29 is 4.79 Å². The average Bonchev–Trinajstić information content (AvgIpc) is 2.72. The van der Waals surface area contributed by atoms with Crippen molar-refractivity contribution in [2.45, 2.75) is 6.54 Å². The Morgan fingerprint density at radius 1 is 0.862 bits per heavy atom. The van der Waals surface area contributed by atoms with E-state index in [0.29, 0.717) is 22.9 Å². The maximum Gasteiger partial charge on any atom is 0.323 e. The predicted octanol–water partition coefficient (Wildman–Crippen LogP) is 5.54. The van der Waals surface area contributed by atoms with Crippen LogP contribution in [-0.4, -0.2) is 16.0 Å². The highest BCUT2D eigenvalue weighted by molar-refractivity contribution is 6.30. The van der Waals surface area contributed by atoms with E-state index < -0.39 is 0 Å². The summed E-state index contributed by atoms with van der Waals surface area (Å²) in [7, 11) is 0. The van der Waals surface area contributed by atoms with Crippen molar-refractivity contribution in [2.24, 2.45) is 0 Å². The largest absolute Gasteiger partial charge is 0.365 e. The Hall–Kier alpha value is -3.64. The van der Waals surface area contributed by atoms with Gasteiger partial charge in [-0.1, -0.05) is 41.9 Å². The van der Waals surface area contributed by atoms with Gasteiger partial charge in [0.05, 0.1) is 5.52 Å². The summed E-state index contributed by atoms with van der Waals surface area (Å²) >= 11 is 5.94. The Kier molecular flexibility index (Phi) is 5.54. The molecule has 0 radical (unpaired) electrons. The Balaban J connectivity index is 1.41. The number of amides is 2. The zero-order valence-electron chi connectivity index (χ0n) is 15.4. The fraction of sp³-hybridized carbons (Fsp3) is 0.0455. The predicted molar refractivity (Wildman–Crippen MR) is 117 cm³/mol. The first-order valence-electron chi connectivity index (χ1n) is 9.03. The molecule has 2 amide bonds. The summed E-state index contributed by atoms with van der Waals surface area (Å²) in [5.74, 6) is 0.771. The Morgan fingerprint density at radius 3 is 2.45 bits per heavy atom. The maximum absolute atomic E-state index is 12.2. The number of carbonyl (C=O) groups is 1. The van der Waals surface area contributed by atoms with E-state index in [-0.39, 0.29) is 6.03 Å². The monoisotopic (exact) mass is 403 g/mol. The maximum atomic E-state index is 12.2. The molecule has 4 rings (SSSR count). The molecule has 0 spiro atoms. The SMILES string of the molecule is O=C(Nc1cccc(Cl)c1)Nc1cccc(CNc2ncnc3ccccc23)c1. The Labute approximate surface area is 173 Å². The molecule has 0 aliphatic carbocycles. The second-order valence-corrected chi connectivity index (χ2v) is 6.82. The number of nitrogens with zero attached hydrogens (tertiary/aromatic N) is 2. The van der Waals surface area contributed by atoms with E-state index in [9.17, 15) is 4.79 Å². The smallest absolute Gasteiger partial charge is 0.323 e. The topological polar surface area (TPSA) is 78.9 Å². The quantitative estimate of drug-likeness (QED) is 0.408. The van der Waals surface area contributed by atoms with Crippen LogP contribution in [0.2, 0.25) is 5.02 Å². The number of anilines is 3. The van der Waals surface area contributed by atoms with Gasteiger partial charge in [0.1, 0.15) is 12.1 Å². The van der Waals surface area contributed by atoms with E-state index in [0.717, 1.165) is 22.3 Å². The Bertz CT molecular complexity index is 1160. The van der Waals surface area contributed by atoms with E-state index in [1.165, 1.54) is 0 Å². The van der Waals surface area contributed by atoms with Gasteiger partial charge in [0.2, 0.25) is 0 Å². The number of hydrogen-bond donors (Lipinski definition) is 3. The fourth-order valence-corrected chi connectivity index (χ4v) is 3.14. The number of carbonyl (C=O) groups excluding carboxylic acids is 1. The van der Waals surface area contributed by atoms with E-state index in [4.69, 9.17) is 11.6 Å². The van der Waals surface area contributed by atoms with E-state index in [1.807, 2.05) is 48.5 Å². The molecular formula is C22H18ClN5O. The minimum atomic E-state index is -0.334. The summed E-state index contributed by atoms with van der Waals surface area (Å²) in [5.41, 5.74) is 3.21. The number of nitrogens with one attached hydrogen (secondary N) is 3. The van der Waals surface area contributed by atoms with Crippen LogP contribution in [0.4, 0.5) is 22.0 Å². The molecule has 0 aliphatic heterocycles. The lowest BCUT2D eigenvalue weighted by Crippen LogP contribution is -2.19. The molecule has 144 valence electrons. The summed E-state index contributed by atoms with van der Waals surface area (Å²) in [6.45, 7) is 0.562. The van der Waals surface area contributed by atoms with Crippen LogP contribution in [0.25, 0.3) is 10.9 Å². The third kappa shape index (κ3) is 4.80. The number of halogens is 1. The summed E-state index contributed by atoms with van der Waals surface area (Å²) in [6.07, 6.45) is 1.54.